The van der Waals surface area contributed by atoms with Crippen LogP contribution in [-0.2, 0) is 0 Å². The second-order valence-corrected chi connectivity index (χ2v) is 4.61. The van der Waals surface area contributed by atoms with Gasteiger partial charge < -0.3 is 21.6 Å². The van der Waals surface area contributed by atoms with Crippen molar-refractivity contribution in [3.8, 4) is 0 Å². The highest BCUT2D eigenvalue weighted by Crippen LogP contribution is 2.22. The fraction of sp³-hybridized carbons (Fsp3) is 0.200. The number of nitrogens with two attached hydrogens (primary N) is 1. The Kier molecular flexibility index (Phi) is 4.61. The van der Waals surface area contributed by atoms with E-state index in [4.69, 9.17) is 10.9 Å². The molecule has 1 unspecified atom stereocenters. The Morgan fingerprint density at radius 1 is 1.29 bits per heavy atom. The third-order valence-corrected chi connectivity index (χ3v) is 3.22. The minimum Gasteiger partial charge on any atom is -0.409 e. The Bertz CT molecular complexity index is 664. The van der Waals surface area contributed by atoms with Gasteiger partial charge in [-0.05, 0) is 17.9 Å². The predicted octanol–water partition coefficient (Wildman–Crippen LogP) is 2.49. The topological polar surface area (TPSA) is 99.7 Å². The van der Waals surface area contributed by atoms with Crippen LogP contribution in [0.15, 0.2) is 47.6 Å². The standard InChI is InChI=1S/C15H18N4O2/c1-2-12(14(16)19-21)17-15(20)18-13-9-5-7-10-6-3-4-8-11(10)13/h3-9,12,21H,2H2,1H3,(H2,16,19)(H2,17,18,20). The van der Waals surface area contributed by atoms with Gasteiger partial charge in [-0.15, -0.1) is 0 Å². The van der Waals surface area contributed by atoms with Crippen molar-refractivity contribution in [3.63, 3.8) is 0 Å². The van der Waals surface area contributed by atoms with Crippen LogP contribution in [0, 0.1) is 0 Å². The highest BCUT2D eigenvalue weighted by Gasteiger charge is 2.15. The number of nitrogens with zero attached hydrogens (tertiary/aromatic N) is 1. The fourth-order valence-electron chi connectivity index (χ4n) is 2.11. The Morgan fingerprint density at radius 3 is 2.71 bits per heavy atom. The number of carbonyl (C=O) groups excluding carboxylic acids is 1. The molecule has 0 saturated heterocycles. The quantitative estimate of drug-likeness (QED) is 0.301. The van der Waals surface area contributed by atoms with Gasteiger partial charge in [0.15, 0.2) is 5.84 Å². The van der Waals surface area contributed by atoms with E-state index in [1.165, 1.54) is 0 Å². The summed E-state index contributed by atoms with van der Waals surface area (Å²) >= 11 is 0. The molecule has 0 heterocycles. The summed E-state index contributed by atoms with van der Waals surface area (Å²) < 4.78 is 0. The van der Waals surface area contributed by atoms with Gasteiger partial charge in [-0.1, -0.05) is 48.5 Å². The molecule has 110 valence electrons. The van der Waals surface area contributed by atoms with Crippen molar-refractivity contribution in [2.45, 2.75) is 19.4 Å². The average Bonchev–Trinajstić information content (AvgIpc) is 2.52. The number of hydrogen-bond donors (Lipinski definition) is 4. The molecule has 0 bridgehead atoms. The largest absolute Gasteiger partial charge is 0.409 e. The van der Waals surface area contributed by atoms with Crippen LogP contribution in [0.25, 0.3) is 10.8 Å². The first-order chi connectivity index (χ1) is 10.2. The van der Waals surface area contributed by atoms with Crippen molar-refractivity contribution < 1.29 is 10.0 Å². The van der Waals surface area contributed by atoms with E-state index < -0.39 is 12.1 Å². The van der Waals surface area contributed by atoms with Gasteiger partial charge in [0.2, 0.25) is 0 Å². The van der Waals surface area contributed by atoms with Crippen molar-refractivity contribution in [1.29, 1.82) is 0 Å². The molecule has 21 heavy (non-hydrogen) atoms. The summed E-state index contributed by atoms with van der Waals surface area (Å²) in [5, 5.41) is 19.0. The number of carbonyl (C=O) groups is 1. The smallest absolute Gasteiger partial charge is 0.319 e. The lowest BCUT2D eigenvalue weighted by Gasteiger charge is -2.16. The minimum atomic E-state index is -0.509. The zero-order valence-corrected chi connectivity index (χ0v) is 11.7. The van der Waals surface area contributed by atoms with Crippen LogP contribution in [0.4, 0.5) is 10.5 Å². The molecule has 0 aromatic heterocycles. The molecule has 1 atom stereocenters. The maximum atomic E-state index is 12.0. The van der Waals surface area contributed by atoms with Gasteiger partial charge in [0.05, 0.1) is 11.7 Å². The molecule has 0 saturated carbocycles. The maximum absolute atomic E-state index is 12.0. The zero-order chi connectivity index (χ0) is 15.2. The number of nitrogens with one attached hydrogen (secondary N) is 2. The molecule has 0 radical (unpaired) electrons. The van der Waals surface area contributed by atoms with Gasteiger partial charge in [-0.3, -0.25) is 0 Å². The molecule has 0 aliphatic rings. The Morgan fingerprint density at radius 2 is 2.00 bits per heavy atom. The van der Waals surface area contributed by atoms with Crippen molar-refractivity contribution in [2.75, 3.05) is 5.32 Å². The first-order valence-corrected chi connectivity index (χ1v) is 6.68. The maximum Gasteiger partial charge on any atom is 0.319 e. The molecule has 6 heteroatoms. The first-order valence-electron chi connectivity index (χ1n) is 6.68. The molecule has 5 N–H and O–H groups in total. The summed E-state index contributed by atoms with van der Waals surface area (Å²) in [7, 11) is 0. The van der Waals surface area contributed by atoms with Gasteiger partial charge in [0.1, 0.15) is 0 Å². The van der Waals surface area contributed by atoms with Gasteiger partial charge >= 0.3 is 6.03 Å². The van der Waals surface area contributed by atoms with Gasteiger partial charge in [0.25, 0.3) is 0 Å². The Balaban J connectivity index is 2.15. The third-order valence-electron chi connectivity index (χ3n) is 3.22. The molecule has 0 aliphatic carbocycles. The number of urea groups is 1. The molecule has 2 amide bonds. The van der Waals surface area contributed by atoms with Crippen molar-refractivity contribution in [3.05, 3.63) is 42.5 Å². The Hall–Kier alpha value is -2.76. The van der Waals surface area contributed by atoms with E-state index in [1.54, 1.807) is 0 Å². The summed E-state index contributed by atoms with van der Waals surface area (Å²) in [5.41, 5.74) is 6.23. The van der Waals surface area contributed by atoms with E-state index in [-0.39, 0.29) is 5.84 Å². The minimum absolute atomic E-state index is 0.0226. The lowest BCUT2D eigenvalue weighted by Crippen LogP contribution is -2.45. The lowest BCUT2D eigenvalue weighted by atomic mass is 10.1. The highest BCUT2D eigenvalue weighted by molar-refractivity contribution is 6.02. The molecule has 0 aliphatic heterocycles. The molecular formula is C15H18N4O2. The van der Waals surface area contributed by atoms with Crippen LogP contribution in [-0.4, -0.2) is 23.1 Å². The normalized spacial score (nSPS) is 12.9. The molecule has 2 rings (SSSR count). The molecule has 0 fully saturated rings. The Labute approximate surface area is 122 Å². The van der Waals surface area contributed by atoms with E-state index >= 15 is 0 Å². The van der Waals surface area contributed by atoms with Gasteiger partial charge in [-0.2, -0.15) is 0 Å². The summed E-state index contributed by atoms with van der Waals surface area (Å²) in [6.07, 6.45) is 0.527. The number of oxime groups is 1. The van der Waals surface area contributed by atoms with Crippen LogP contribution in [0.5, 0.6) is 0 Å². The average molecular weight is 286 g/mol. The molecule has 2 aromatic carbocycles. The van der Waals surface area contributed by atoms with Crippen molar-refractivity contribution >= 4 is 28.3 Å². The summed E-state index contributed by atoms with van der Waals surface area (Å²) in [5.74, 6) is -0.0226. The fourth-order valence-corrected chi connectivity index (χ4v) is 2.11. The third kappa shape index (κ3) is 3.42. The number of rotatable bonds is 4. The SMILES string of the molecule is CCC(NC(=O)Nc1cccc2ccccc12)/C(N)=N/O. The lowest BCUT2D eigenvalue weighted by molar-refractivity contribution is 0.250. The summed E-state index contributed by atoms with van der Waals surface area (Å²) in [6, 6.07) is 12.5. The van der Waals surface area contributed by atoms with Crippen LogP contribution < -0.4 is 16.4 Å². The molecule has 0 spiro atoms. The van der Waals surface area contributed by atoms with Gasteiger partial charge in [0, 0.05) is 5.39 Å². The van der Waals surface area contributed by atoms with E-state index in [0.29, 0.717) is 12.1 Å². The first kappa shape index (κ1) is 14.6. The van der Waals surface area contributed by atoms with E-state index in [2.05, 4.69) is 15.8 Å². The van der Waals surface area contributed by atoms with E-state index in [1.807, 2.05) is 49.4 Å². The number of amidine groups is 1. The second-order valence-electron chi connectivity index (χ2n) is 4.61. The summed E-state index contributed by atoms with van der Waals surface area (Å²) in [4.78, 5) is 12.0. The zero-order valence-electron chi connectivity index (χ0n) is 11.7. The van der Waals surface area contributed by atoms with E-state index in [9.17, 15) is 4.79 Å². The van der Waals surface area contributed by atoms with Crippen LogP contribution in [0.2, 0.25) is 0 Å². The van der Waals surface area contributed by atoms with Crippen LogP contribution in [0.1, 0.15) is 13.3 Å². The number of amides is 2. The van der Waals surface area contributed by atoms with Crippen molar-refractivity contribution in [1.82, 2.24) is 5.32 Å². The predicted molar refractivity (Wildman–Crippen MR) is 83.6 cm³/mol. The number of benzene rings is 2. The van der Waals surface area contributed by atoms with Crippen molar-refractivity contribution in [2.24, 2.45) is 10.9 Å². The molecule has 6 nitrogen and oxygen atoms in total. The van der Waals surface area contributed by atoms with Crippen LogP contribution >= 0.6 is 0 Å². The van der Waals surface area contributed by atoms with Gasteiger partial charge in [-0.25, -0.2) is 4.79 Å². The monoisotopic (exact) mass is 286 g/mol. The number of hydrogen-bond acceptors (Lipinski definition) is 3. The van der Waals surface area contributed by atoms with Crippen LogP contribution in [0.3, 0.4) is 0 Å². The number of fused-ring (bicyclic) bond motifs is 1. The molecule has 2 aromatic rings. The number of anilines is 1. The highest BCUT2D eigenvalue weighted by atomic mass is 16.4. The van der Waals surface area contributed by atoms with E-state index in [0.717, 1.165) is 10.8 Å². The molecular weight excluding hydrogens is 268 g/mol. The summed E-state index contributed by atoms with van der Waals surface area (Å²) in [6.45, 7) is 1.83. The second kappa shape index (κ2) is 6.60.